The lowest BCUT2D eigenvalue weighted by atomic mass is 9.68. The van der Waals surface area contributed by atoms with Crippen molar-refractivity contribution in [3.8, 4) is 0 Å². The van der Waals surface area contributed by atoms with Crippen molar-refractivity contribution < 1.29 is 25.4 Å². The van der Waals surface area contributed by atoms with E-state index in [0.29, 0.717) is 13.1 Å². The Morgan fingerprint density at radius 1 is 0.523 bits per heavy atom. The topological polar surface area (TPSA) is 111 Å². The normalized spacial score (nSPS) is 13.3. The molecular formula is C34H36N2O6S2+2. The highest BCUT2D eigenvalue weighted by Gasteiger charge is 2.44. The zero-order chi connectivity index (χ0) is 31.5. The molecule has 44 heavy (non-hydrogen) atoms. The third-order valence-electron chi connectivity index (χ3n) is 7.12. The minimum absolute atomic E-state index is 0.0566. The van der Waals surface area contributed by atoms with Gasteiger partial charge in [-0.15, -0.1) is 0 Å². The zero-order valence-corrected chi connectivity index (χ0v) is 26.7. The van der Waals surface area contributed by atoms with Crippen LogP contribution in [-0.4, -0.2) is 29.9 Å². The lowest BCUT2D eigenvalue weighted by molar-refractivity contribution is 0.190. The second kappa shape index (κ2) is 13.2. The summed E-state index contributed by atoms with van der Waals surface area (Å²) in [6, 6.07) is 29.4. The van der Waals surface area contributed by atoms with Gasteiger partial charge in [-0.05, 0) is 84.6 Å². The lowest BCUT2D eigenvalue weighted by Gasteiger charge is -2.24. The van der Waals surface area contributed by atoms with E-state index in [9.17, 15) is 16.8 Å². The van der Waals surface area contributed by atoms with E-state index in [1.54, 1.807) is 48.5 Å². The molecule has 0 unspecified atom stereocenters. The molecule has 0 saturated carbocycles. The maximum atomic E-state index is 12.7. The van der Waals surface area contributed by atoms with Crippen LogP contribution >= 0.6 is 0 Å². The molecule has 0 aliphatic heterocycles. The molecule has 1 aliphatic rings. The molecule has 0 fully saturated rings. The summed E-state index contributed by atoms with van der Waals surface area (Å²) in [4.78, 5) is 0.113. The van der Waals surface area contributed by atoms with E-state index >= 15 is 0 Å². The van der Waals surface area contributed by atoms with Crippen LogP contribution in [-0.2, 0) is 28.8 Å². The SMILES string of the molecule is CC(C)CNOS(=O)(=O)c1ccc([C+]2c3ccccc3[C+](c3ccc(S(=O)(=O)ONCC(C)C)cc3)c3ccccc32)cc1. The molecule has 0 heterocycles. The molecule has 2 N–H and O–H groups in total. The van der Waals surface area contributed by atoms with Crippen molar-refractivity contribution in [3.05, 3.63) is 142 Å². The number of hydroxylamine groups is 2. The Hall–Kier alpha value is -3.64. The lowest BCUT2D eigenvalue weighted by Crippen LogP contribution is -2.24. The Labute approximate surface area is 260 Å². The van der Waals surface area contributed by atoms with E-state index in [0.717, 1.165) is 45.2 Å². The van der Waals surface area contributed by atoms with Crippen LogP contribution in [0.3, 0.4) is 0 Å². The van der Waals surface area contributed by atoms with Gasteiger partial charge in [0.25, 0.3) is 0 Å². The fraction of sp³-hybridized carbons (Fsp3) is 0.235. The van der Waals surface area contributed by atoms with Crippen molar-refractivity contribution in [2.24, 2.45) is 11.8 Å². The highest BCUT2D eigenvalue weighted by atomic mass is 32.2. The van der Waals surface area contributed by atoms with Crippen LogP contribution in [0, 0.1) is 23.7 Å². The highest BCUT2D eigenvalue weighted by Crippen LogP contribution is 2.47. The third kappa shape index (κ3) is 6.86. The molecular weight excluding hydrogens is 597 g/mol. The average Bonchev–Trinajstić information content (AvgIpc) is 2.99. The molecule has 0 amide bonds. The van der Waals surface area contributed by atoms with Crippen LogP contribution < -0.4 is 11.0 Å². The van der Waals surface area contributed by atoms with Gasteiger partial charge in [0.05, 0.1) is 11.1 Å². The van der Waals surface area contributed by atoms with Crippen molar-refractivity contribution in [1.29, 1.82) is 0 Å². The van der Waals surface area contributed by atoms with E-state index in [1.807, 2.05) is 76.2 Å². The van der Waals surface area contributed by atoms with Crippen LogP contribution in [0.5, 0.6) is 0 Å². The zero-order valence-electron chi connectivity index (χ0n) is 25.1. The Balaban J connectivity index is 1.48. The molecule has 4 aromatic carbocycles. The van der Waals surface area contributed by atoms with Crippen molar-refractivity contribution in [1.82, 2.24) is 11.0 Å². The van der Waals surface area contributed by atoms with Crippen LogP contribution in [0.2, 0.25) is 0 Å². The summed E-state index contributed by atoms with van der Waals surface area (Å²) in [5, 5.41) is 0. The first-order valence-electron chi connectivity index (χ1n) is 14.4. The first-order valence-corrected chi connectivity index (χ1v) is 17.3. The van der Waals surface area contributed by atoms with E-state index < -0.39 is 20.2 Å². The monoisotopic (exact) mass is 632 g/mol. The summed E-state index contributed by atoms with van der Waals surface area (Å²) in [6.45, 7) is 8.64. The summed E-state index contributed by atoms with van der Waals surface area (Å²) in [5.74, 6) is 2.39. The number of nitrogens with one attached hydrogen (secondary N) is 2. The van der Waals surface area contributed by atoms with Crippen LogP contribution in [0.25, 0.3) is 0 Å². The number of fused-ring (bicyclic) bond motifs is 2. The minimum Gasteiger partial charge on any atom is -0.192 e. The Kier molecular flexibility index (Phi) is 9.50. The van der Waals surface area contributed by atoms with Crippen LogP contribution in [0.4, 0.5) is 0 Å². The van der Waals surface area contributed by atoms with E-state index in [1.165, 1.54) is 0 Å². The van der Waals surface area contributed by atoms with Gasteiger partial charge in [0, 0.05) is 37.4 Å². The summed E-state index contributed by atoms with van der Waals surface area (Å²) < 4.78 is 60.9. The second-order valence-corrected chi connectivity index (χ2v) is 14.5. The van der Waals surface area contributed by atoms with Gasteiger partial charge in [-0.1, -0.05) is 27.7 Å². The molecule has 0 radical (unpaired) electrons. The molecule has 10 heteroatoms. The molecule has 4 aromatic rings. The summed E-state index contributed by atoms with van der Waals surface area (Å²) in [7, 11) is -7.95. The van der Waals surface area contributed by atoms with Crippen LogP contribution in [0.15, 0.2) is 107 Å². The molecule has 0 atom stereocenters. The van der Waals surface area contributed by atoms with E-state index in [-0.39, 0.29) is 21.6 Å². The number of benzene rings is 4. The van der Waals surface area contributed by atoms with Crippen molar-refractivity contribution in [3.63, 3.8) is 0 Å². The average molecular weight is 633 g/mol. The molecule has 5 rings (SSSR count). The predicted octanol–water partition coefficient (Wildman–Crippen LogP) is 5.77. The molecule has 0 saturated heterocycles. The number of hydrogen-bond acceptors (Lipinski definition) is 8. The molecule has 1 aliphatic carbocycles. The van der Waals surface area contributed by atoms with Gasteiger partial charge in [-0.25, -0.2) is 0 Å². The van der Waals surface area contributed by atoms with Gasteiger partial charge in [0.1, 0.15) is 43.9 Å². The quantitative estimate of drug-likeness (QED) is 0.132. The molecule has 0 bridgehead atoms. The fourth-order valence-corrected chi connectivity index (χ4v) is 6.56. The van der Waals surface area contributed by atoms with Gasteiger partial charge in [0.15, 0.2) is 0 Å². The van der Waals surface area contributed by atoms with Gasteiger partial charge < -0.3 is 0 Å². The van der Waals surface area contributed by atoms with E-state index in [2.05, 4.69) is 11.0 Å². The molecule has 0 spiro atoms. The standard InChI is InChI=1S/C34H36N2O6S2/c1-23(2)21-35-41-43(37,38)27-17-13-25(14-18-27)33-29-9-5-7-11-31(29)34(32-12-8-6-10-30(32)33)26-15-19-28(20-16-26)44(39,40)42-36-22-24(3)4/h5-20,23-24,35-36H,21-22H2,1-4H3/q+2. The first-order chi connectivity index (χ1) is 21.0. The minimum atomic E-state index is -3.97. The van der Waals surface area contributed by atoms with Crippen molar-refractivity contribution >= 4 is 20.2 Å². The van der Waals surface area contributed by atoms with Crippen molar-refractivity contribution in [2.45, 2.75) is 37.5 Å². The number of rotatable bonds is 12. The molecule has 0 aromatic heterocycles. The predicted molar refractivity (Wildman–Crippen MR) is 169 cm³/mol. The van der Waals surface area contributed by atoms with E-state index in [4.69, 9.17) is 8.57 Å². The van der Waals surface area contributed by atoms with Gasteiger partial charge in [-0.2, -0.15) is 36.4 Å². The Morgan fingerprint density at radius 2 is 0.818 bits per heavy atom. The maximum absolute atomic E-state index is 12.7. The van der Waals surface area contributed by atoms with Gasteiger partial charge >= 0.3 is 20.2 Å². The smallest absolute Gasteiger partial charge is 0.192 e. The van der Waals surface area contributed by atoms with Crippen LogP contribution in [0.1, 0.15) is 61.1 Å². The van der Waals surface area contributed by atoms with Crippen molar-refractivity contribution in [2.75, 3.05) is 13.1 Å². The number of hydrogen-bond donors (Lipinski definition) is 2. The highest BCUT2D eigenvalue weighted by molar-refractivity contribution is 7.87. The molecule has 228 valence electrons. The first kappa shape index (κ1) is 31.8. The largest absolute Gasteiger partial charge is 0.313 e. The third-order valence-corrected chi connectivity index (χ3v) is 9.49. The Bertz CT molecular complexity index is 1620. The molecule has 8 nitrogen and oxygen atoms in total. The van der Waals surface area contributed by atoms with Gasteiger partial charge in [0.2, 0.25) is 0 Å². The summed E-state index contributed by atoms with van der Waals surface area (Å²) in [5.41, 5.74) is 10.7. The summed E-state index contributed by atoms with van der Waals surface area (Å²) in [6.07, 6.45) is 0. The second-order valence-electron chi connectivity index (χ2n) is 11.4. The Morgan fingerprint density at radius 3 is 1.09 bits per heavy atom. The fourth-order valence-electron chi connectivity index (χ4n) is 4.98. The van der Waals surface area contributed by atoms with Gasteiger partial charge in [-0.3, -0.25) is 0 Å². The summed E-state index contributed by atoms with van der Waals surface area (Å²) >= 11 is 0. The maximum Gasteiger partial charge on any atom is 0.313 e.